The molecule has 0 aliphatic rings. The third-order valence-electron chi connectivity index (χ3n) is 3.24. The summed E-state index contributed by atoms with van der Waals surface area (Å²) in [6.07, 6.45) is 0.828. The van der Waals surface area contributed by atoms with E-state index < -0.39 is 0 Å². The Morgan fingerprint density at radius 1 is 1.25 bits per heavy atom. The van der Waals surface area contributed by atoms with Gasteiger partial charge in [0.15, 0.2) is 0 Å². The van der Waals surface area contributed by atoms with E-state index >= 15 is 0 Å². The first-order chi connectivity index (χ1) is 9.43. The molecule has 1 unspecified atom stereocenters. The first-order valence-corrected chi connectivity index (χ1v) is 9.18. The molecule has 0 bridgehead atoms. The summed E-state index contributed by atoms with van der Waals surface area (Å²) in [4.78, 5) is 6.00. The largest absolute Gasteiger partial charge is 0.323 e. The maximum Gasteiger partial charge on any atom is 0.0947 e. The Morgan fingerprint density at radius 2 is 2.05 bits per heavy atom. The van der Waals surface area contributed by atoms with Crippen molar-refractivity contribution in [2.75, 3.05) is 0 Å². The summed E-state index contributed by atoms with van der Waals surface area (Å²) in [7, 11) is 0. The average Bonchev–Trinajstić information content (AvgIpc) is 3.00. The lowest BCUT2D eigenvalue weighted by Gasteiger charge is -2.14. The molecule has 3 aromatic rings. The molecule has 5 heteroatoms. The number of thiazole rings is 1. The van der Waals surface area contributed by atoms with Crippen molar-refractivity contribution in [2.45, 2.75) is 38.6 Å². The lowest BCUT2D eigenvalue weighted by Crippen LogP contribution is -2.14. The summed E-state index contributed by atoms with van der Waals surface area (Å²) >= 11 is 5.31. The maximum atomic E-state index is 6.35. The van der Waals surface area contributed by atoms with Crippen LogP contribution < -0.4 is 5.73 Å². The number of fused-ring (bicyclic) bond motifs is 1. The van der Waals surface area contributed by atoms with Gasteiger partial charge in [-0.15, -0.1) is 34.0 Å². The molecule has 2 N–H and O–H groups in total. The van der Waals surface area contributed by atoms with Crippen LogP contribution in [0, 0.1) is 0 Å². The van der Waals surface area contributed by atoms with Crippen LogP contribution in [-0.2, 0) is 11.8 Å². The van der Waals surface area contributed by atoms with E-state index in [2.05, 4.69) is 43.7 Å². The molecule has 20 heavy (non-hydrogen) atoms. The second-order valence-electron chi connectivity index (χ2n) is 5.98. The van der Waals surface area contributed by atoms with Gasteiger partial charge in [-0.3, -0.25) is 0 Å². The Labute approximate surface area is 131 Å². The zero-order valence-corrected chi connectivity index (χ0v) is 14.3. The van der Waals surface area contributed by atoms with Crippen LogP contribution in [-0.4, -0.2) is 4.98 Å². The number of nitrogens with zero attached hydrogens (tertiary/aromatic N) is 1. The Balaban J connectivity index is 1.77. The quantitative estimate of drug-likeness (QED) is 0.740. The van der Waals surface area contributed by atoms with Gasteiger partial charge in [0, 0.05) is 37.5 Å². The fraction of sp³-hybridized carbons (Fsp3) is 0.400. The van der Waals surface area contributed by atoms with Crippen molar-refractivity contribution >= 4 is 43.4 Å². The molecule has 3 heterocycles. The van der Waals surface area contributed by atoms with Crippen molar-refractivity contribution in [3.63, 3.8) is 0 Å². The number of hydrogen-bond donors (Lipinski definition) is 1. The highest BCUT2D eigenvalue weighted by Gasteiger charge is 2.19. The Morgan fingerprint density at radius 3 is 2.70 bits per heavy atom. The number of nitrogens with two attached hydrogens (primary N) is 1. The molecule has 0 fully saturated rings. The smallest absolute Gasteiger partial charge is 0.0947 e. The van der Waals surface area contributed by atoms with Crippen molar-refractivity contribution in [1.29, 1.82) is 0 Å². The molecule has 0 aliphatic heterocycles. The molecule has 3 rings (SSSR count). The molecule has 0 aliphatic carbocycles. The number of aromatic nitrogens is 1. The third kappa shape index (κ3) is 2.81. The maximum absolute atomic E-state index is 6.35. The summed E-state index contributed by atoms with van der Waals surface area (Å²) in [5.41, 5.74) is 7.63. The van der Waals surface area contributed by atoms with Crippen molar-refractivity contribution in [3.05, 3.63) is 38.5 Å². The predicted octanol–water partition coefficient (Wildman–Crippen LogP) is 4.96. The van der Waals surface area contributed by atoms with E-state index in [4.69, 9.17) is 10.7 Å². The molecule has 3 aromatic heterocycles. The number of hydrogen-bond acceptors (Lipinski definition) is 5. The van der Waals surface area contributed by atoms with E-state index in [1.54, 1.807) is 34.0 Å². The topological polar surface area (TPSA) is 38.9 Å². The average molecular weight is 323 g/mol. The van der Waals surface area contributed by atoms with E-state index in [1.807, 2.05) is 0 Å². The van der Waals surface area contributed by atoms with Gasteiger partial charge in [0.2, 0.25) is 0 Å². The second kappa shape index (κ2) is 5.22. The summed E-state index contributed by atoms with van der Waals surface area (Å²) in [6.45, 7) is 6.58. The van der Waals surface area contributed by atoms with Crippen LogP contribution in [0.25, 0.3) is 9.40 Å². The van der Waals surface area contributed by atoms with E-state index in [0.29, 0.717) is 0 Å². The molecule has 1 atom stereocenters. The molecule has 0 saturated heterocycles. The first-order valence-electron chi connectivity index (χ1n) is 6.61. The molecular formula is C15H18N2S3. The second-order valence-corrected chi connectivity index (χ2v) is 8.99. The molecule has 0 radical (unpaired) electrons. The van der Waals surface area contributed by atoms with Crippen LogP contribution in [0.1, 0.15) is 42.4 Å². The van der Waals surface area contributed by atoms with Gasteiger partial charge in [-0.1, -0.05) is 20.8 Å². The minimum absolute atomic E-state index is 0.0542. The third-order valence-corrected chi connectivity index (χ3v) is 6.34. The highest BCUT2D eigenvalue weighted by molar-refractivity contribution is 7.27. The molecular weight excluding hydrogens is 304 g/mol. The van der Waals surface area contributed by atoms with Gasteiger partial charge >= 0.3 is 0 Å². The predicted molar refractivity (Wildman–Crippen MR) is 91.1 cm³/mol. The monoisotopic (exact) mass is 322 g/mol. The van der Waals surface area contributed by atoms with E-state index in [1.165, 1.54) is 14.3 Å². The fourth-order valence-corrected chi connectivity index (χ4v) is 5.21. The van der Waals surface area contributed by atoms with Gasteiger partial charge in [-0.05, 0) is 17.5 Å². The Kier molecular flexibility index (Phi) is 3.71. The summed E-state index contributed by atoms with van der Waals surface area (Å²) in [5, 5.41) is 5.43. The van der Waals surface area contributed by atoms with E-state index in [0.717, 1.165) is 17.1 Å². The Bertz CT molecular complexity index is 686. The molecule has 2 nitrogen and oxygen atoms in total. The van der Waals surface area contributed by atoms with Gasteiger partial charge in [-0.25, -0.2) is 4.98 Å². The molecule has 0 aromatic carbocycles. The SMILES string of the molecule is CC(C)(C)c1csc(CC(N)c2cc3sccc3s2)n1. The summed E-state index contributed by atoms with van der Waals surface area (Å²) < 4.78 is 2.69. The van der Waals surface area contributed by atoms with Crippen molar-refractivity contribution < 1.29 is 0 Å². The van der Waals surface area contributed by atoms with Crippen LogP contribution in [0.3, 0.4) is 0 Å². The molecule has 0 saturated carbocycles. The van der Waals surface area contributed by atoms with E-state index in [-0.39, 0.29) is 11.5 Å². The minimum Gasteiger partial charge on any atom is -0.323 e. The number of rotatable bonds is 3. The number of thiophene rings is 2. The van der Waals surface area contributed by atoms with Gasteiger partial charge in [0.05, 0.1) is 10.7 Å². The van der Waals surface area contributed by atoms with Gasteiger partial charge in [0.1, 0.15) is 0 Å². The van der Waals surface area contributed by atoms with Crippen LogP contribution in [0.5, 0.6) is 0 Å². The van der Waals surface area contributed by atoms with Gasteiger partial charge in [-0.2, -0.15) is 0 Å². The van der Waals surface area contributed by atoms with Crippen LogP contribution >= 0.6 is 34.0 Å². The van der Waals surface area contributed by atoms with Crippen LogP contribution in [0.2, 0.25) is 0 Å². The summed E-state index contributed by atoms with van der Waals surface area (Å²) in [5.74, 6) is 0. The molecule has 106 valence electrons. The summed E-state index contributed by atoms with van der Waals surface area (Å²) in [6, 6.07) is 4.45. The highest BCUT2D eigenvalue weighted by atomic mass is 32.1. The van der Waals surface area contributed by atoms with E-state index in [9.17, 15) is 0 Å². The molecule has 0 spiro atoms. The van der Waals surface area contributed by atoms with Crippen molar-refractivity contribution in [3.8, 4) is 0 Å². The van der Waals surface area contributed by atoms with Crippen LogP contribution in [0.4, 0.5) is 0 Å². The van der Waals surface area contributed by atoms with Gasteiger partial charge in [0.25, 0.3) is 0 Å². The van der Waals surface area contributed by atoms with Crippen molar-refractivity contribution in [1.82, 2.24) is 4.98 Å². The fourth-order valence-electron chi connectivity index (χ4n) is 2.01. The van der Waals surface area contributed by atoms with Crippen molar-refractivity contribution in [2.24, 2.45) is 5.73 Å². The zero-order chi connectivity index (χ0) is 14.3. The molecule has 0 amide bonds. The van der Waals surface area contributed by atoms with Gasteiger partial charge < -0.3 is 5.73 Å². The van der Waals surface area contributed by atoms with Crippen LogP contribution in [0.15, 0.2) is 22.9 Å². The lowest BCUT2D eigenvalue weighted by atomic mass is 9.93. The highest BCUT2D eigenvalue weighted by Crippen LogP contribution is 2.34. The minimum atomic E-state index is 0.0542. The zero-order valence-electron chi connectivity index (χ0n) is 11.8. The Hall–Kier alpha value is -0.750. The standard InChI is InChI=1S/C15H18N2S3/c1-15(2,3)13-8-19-14(17-13)6-9(16)11-7-12-10(20-11)4-5-18-12/h4-5,7-9H,6,16H2,1-3H3. The normalized spacial score (nSPS) is 14.0. The first kappa shape index (κ1) is 14.2. The lowest BCUT2D eigenvalue weighted by molar-refractivity contribution is 0.569.